The molecule has 5 rings (SSSR count). The quantitative estimate of drug-likeness (QED) is 0.314. The van der Waals surface area contributed by atoms with E-state index in [0.29, 0.717) is 18.7 Å². The van der Waals surface area contributed by atoms with Gasteiger partial charge in [-0.15, -0.1) is 0 Å². The van der Waals surface area contributed by atoms with Crippen LogP contribution in [-0.2, 0) is 20.6 Å². The molecule has 1 atom stereocenters. The molecule has 2 aromatic carbocycles. The van der Waals surface area contributed by atoms with Gasteiger partial charge in [0.15, 0.2) is 0 Å². The van der Waals surface area contributed by atoms with Gasteiger partial charge in [-0.2, -0.15) is 13.2 Å². The van der Waals surface area contributed by atoms with Crippen molar-refractivity contribution in [3.63, 3.8) is 0 Å². The van der Waals surface area contributed by atoms with Crippen molar-refractivity contribution in [2.45, 2.75) is 36.5 Å². The summed E-state index contributed by atoms with van der Waals surface area (Å²) in [7, 11) is 1.68. The van der Waals surface area contributed by atoms with Crippen LogP contribution >= 0.6 is 34.8 Å². The van der Waals surface area contributed by atoms with Gasteiger partial charge in [-0.25, -0.2) is 0 Å². The number of amides is 1. The van der Waals surface area contributed by atoms with Crippen molar-refractivity contribution in [1.82, 2.24) is 4.90 Å². The Morgan fingerprint density at radius 3 is 2.25 bits per heavy atom. The molecule has 0 bridgehead atoms. The summed E-state index contributed by atoms with van der Waals surface area (Å²) in [4.78, 5) is 23.5. The Balaban J connectivity index is 1.39. The number of likely N-dealkylation sites (tertiary alicyclic amines) is 1. The highest BCUT2D eigenvalue weighted by atomic mass is 35.5. The van der Waals surface area contributed by atoms with E-state index in [1.807, 2.05) is 23.2 Å². The normalized spacial score (nSPS) is 23.4. The van der Waals surface area contributed by atoms with Gasteiger partial charge in [-0.3, -0.25) is 9.79 Å². The predicted octanol–water partition coefficient (Wildman–Crippen LogP) is 6.42. The minimum absolute atomic E-state index is 0.0351. The molecule has 0 spiro atoms. The van der Waals surface area contributed by atoms with Gasteiger partial charge in [0.25, 0.3) is 5.60 Å². The van der Waals surface area contributed by atoms with Crippen molar-refractivity contribution in [3.8, 4) is 0 Å². The molecule has 0 radical (unpaired) electrons. The van der Waals surface area contributed by atoms with E-state index in [1.165, 1.54) is 0 Å². The van der Waals surface area contributed by atoms with E-state index in [2.05, 4.69) is 10.1 Å². The summed E-state index contributed by atoms with van der Waals surface area (Å²) in [6.45, 7) is 1.05. The summed E-state index contributed by atoms with van der Waals surface area (Å²) < 4.78 is 42.9. The number of benzene rings is 2. The van der Waals surface area contributed by atoms with E-state index in [9.17, 15) is 18.0 Å². The largest absolute Gasteiger partial charge is 0.435 e. The molecule has 2 fully saturated rings. The summed E-state index contributed by atoms with van der Waals surface area (Å²) >= 11 is 17.9. The minimum Gasteiger partial charge on any atom is -0.374 e. The van der Waals surface area contributed by atoms with E-state index >= 15 is 0 Å². The molecule has 2 aliphatic heterocycles. The first-order valence-electron chi connectivity index (χ1n) is 11.3. The third-order valence-electron chi connectivity index (χ3n) is 6.99. The Kier molecular flexibility index (Phi) is 6.29. The molecular weight excluding hydrogens is 538 g/mol. The summed E-state index contributed by atoms with van der Waals surface area (Å²) in [6, 6.07) is 9.29. The van der Waals surface area contributed by atoms with Crippen LogP contribution in [0.25, 0.3) is 0 Å². The van der Waals surface area contributed by atoms with E-state index in [0.717, 1.165) is 30.5 Å². The lowest BCUT2D eigenvalue weighted by molar-refractivity contribution is -0.275. The molecule has 1 saturated carbocycles. The predicted molar refractivity (Wildman–Crippen MR) is 133 cm³/mol. The first kappa shape index (κ1) is 25.4. The molecule has 2 heterocycles. The molecule has 0 N–H and O–H groups in total. The molecule has 0 aromatic heterocycles. The number of hydrogen-bond acceptors (Lipinski definition) is 4. The van der Waals surface area contributed by atoms with E-state index in [1.54, 1.807) is 19.2 Å². The van der Waals surface area contributed by atoms with Crippen molar-refractivity contribution in [3.05, 3.63) is 68.2 Å². The van der Waals surface area contributed by atoms with Crippen LogP contribution in [0.3, 0.4) is 0 Å². The van der Waals surface area contributed by atoms with Gasteiger partial charge in [0.2, 0.25) is 5.91 Å². The number of aliphatic imine (C=N–C) groups is 1. The van der Waals surface area contributed by atoms with Crippen molar-refractivity contribution in [2.75, 3.05) is 20.1 Å². The van der Waals surface area contributed by atoms with Crippen LogP contribution in [0.15, 0.2) is 46.5 Å². The SMILES string of the molecule is CN=CC1(c2ccc(C3=NOC(c4cc(Cl)c(Cl)c(Cl)c4)(C(F)(F)F)C3)cc2)CN(C(=O)C2CC2)C1. The van der Waals surface area contributed by atoms with Gasteiger partial charge in [-0.1, -0.05) is 64.2 Å². The van der Waals surface area contributed by atoms with Crippen LogP contribution in [0.1, 0.15) is 36.0 Å². The van der Waals surface area contributed by atoms with Gasteiger partial charge >= 0.3 is 6.18 Å². The van der Waals surface area contributed by atoms with Gasteiger partial charge < -0.3 is 9.74 Å². The summed E-state index contributed by atoms with van der Waals surface area (Å²) in [5, 5.41) is 3.55. The summed E-state index contributed by atoms with van der Waals surface area (Å²) in [5.41, 5.74) is -1.89. The first-order valence-corrected chi connectivity index (χ1v) is 12.4. The second-order valence-corrected chi connectivity index (χ2v) is 10.7. The van der Waals surface area contributed by atoms with Crippen LogP contribution in [0, 0.1) is 5.92 Å². The standard InChI is InChI=1S/C25H21Cl3F3N3O2/c1-32-11-23(12-34(13-23)22(35)15-2-3-15)16-6-4-14(5-7-16)20-10-24(36-33-20,25(29,30)31)17-8-18(26)21(28)19(27)9-17/h4-9,11,15H,2-3,10,12-13H2,1H3. The molecule has 190 valence electrons. The topological polar surface area (TPSA) is 54.3 Å². The Labute approximate surface area is 220 Å². The number of oxime groups is 1. The van der Waals surface area contributed by atoms with Crippen molar-refractivity contribution in [2.24, 2.45) is 16.1 Å². The van der Waals surface area contributed by atoms with Crippen molar-refractivity contribution < 1.29 is 22.8 Å². The first-order chi connectivity index (χ1) is 17.0. The Morgan fingerprint density at radius 2 is 1.72 bits per heavy atom. The Hall–Kier alpha value is -2.29. The molecular formula is C25H21Cl3F3N3O2. The monoisotopic (exact) mass is 557 g/mol. The average molecular weight is 559 g/mol. The van der Waals surface area contributed by atoms with Gasteiger partial charge in [0, 0.05) is 44.3 Å². The van der Waals surface area contributed by atoms with Crippen LogP contribution in [0.4, 0.5) is 13.2 Å². The van der Waals surface area contributed by atoms with Crippen LogP contribution in [0.5, 0.6) is 0 Å². The fourth-order valence-electron chi connectivity index (χ4n) is 4.81. The highest BCUT2D eigenvalue weighted by Crippen LogP contribution is 2.50. The highest BCUT2D eigenvalue weighted by Gasteiger charge is 2.62. The minimum atomic E-state index is -4.80. The van der Waals surface area contributed by atoms with E-state index < -0.39 is 23.6 Å². The van der Waals surface area contributed by atoms with E-state index in [4.69, 9.17) is 39.6 Å². The lowest BCUT2D eigenvalue weighted by atomic mass is 9.74. The molecule has 36 heavy (non-hydrogen) atoms. The molecule has 2 aromatic rings. The highest BCUT2D eigenvalue weighted by molar-refractivity contribution is 6.48. The number of alkyl halides is 3. The molecule has 3 aliphatic rings. The summed E-state index contributed by atoms with van der Waals surface area (Å²) in [5.74, 6) is 0.318. The van der Waals surface area contributed by atoms with Crippen LogP contribution < -0.4 is 0 Å². The molecule has 1 aliphatic carbocycles. The number of halogens is 6. The van der Waals surface area contributed by atoms with Crippen molar-refractivity contribution >= 4 is 52.6 Å². The van der Waals surface area contributed by atoms with Gasteiger partial charge in [0.05, 0.1) is 26.2 Å². The van der Waals surface area contributed by atoms with Crippen molar-refractivity contribution in [1.29, 1.82) is 0 Å². The summed E-state index contributed by atoms with van der Waals surface area (Å²) in [6.07, 6.45) is -1.65. The van der Waals surface area contributed by atoms with Gasteiger partial charge in [0.1, 0.15) is 0 Å². The molecule has 1 saturated heterocycles. The zero-order chi connectivity index (χ0) is 25.9. The number of hydrogen-bond donors (Lipinski definition) is 0. The third-order valence-corrected chi connectivity index (χ3v) is 8.19. The second kappa shape index (κ2) is 8.92. The number of carbonyl (C=O) groups excluding carboxylic acids is 1. The average Bonchev–Trinajstić information content (AvgIpc) is 3.56. The molecule has 11 heteroatoms. The maximum atomic E-state index is 14.3. The van der Waals surface area contributed by atoms with Gasteiger partial charge in [-0.05, 0) is 36.1 Å². The Bertz CT molecular complexity index is 1250. The fourth-order valence-corrected chi connectivity index (χ4v) is 5.40. The molecule has 5 nitrogen and oxygen atoms in total. The zero-order valence-corrected chi connectivity index (χ0v) is 21.3. The van der Waals surface area contributed by atoms with Crippen LogP contribution in [0.2, 0.25) is 15.1 Å². The number of rotatable bonds is 5. The molecule has 1 unspecified atom stereocenters. The smallest absolute Gasteiger partial charge is 0.374 e. The maximum Gasteiger partial charge on any atom is 0.435 e. The third kappa shape index (κ3) is 4.17. The number of carbonyl (C=O) groups is 1. The van der Waals surface area contributed by atoms with Crippen LogP contribution in [-0.4, -0.2) is 49.0 Å². The number of nitrogens with zero attached hydrogens (tertiary/aromatic N) is 3. The lowest BCUT2D eigenvalue weighted by Gasteiger charge is -2.48. The Morgan fingerprint density at radius 1 is 1.11 bits per heavy atom. The maximum absolute atomic E-state index is 14.3. The zero-order valence-electron chi connectivity index (χ0n) is 19.1. The second-order valence-electron chi connectivity index (χ2n) is 9.47. The lowest BCUT2D eigenvalue weighted by Crippen LogP contribution is -2.62. The fraction of sp³-hybridized carbons (Fsp3) is 0.400. The molecule has 1 amide bonds. The van der Waals surface area contributed by atoms with E-state index in [-0.39, 0.29) is 38.2 Å².